The van der Waals surface area contributed by atoms with Gasteiger partial charge in [-0.3, -0.25) is 0 Å². The van der Waals surface area contributed by atoms with Crippen LogP contribution in [0.3, 0.4) is 0 Å². The summed E-state index contributed by atoms with van der Waals surface area (Å²) in [6.07, 6.45) is 0. The number of fused-ring (bicyclic) bond motifs is 4. The summed E-state index contributed by atoms with van der Waals surface area (Å²) in [5, 5.41) is 2.42. The number of aromatic nitrogens is 1. The van der Waals surface area contributed by atoms with Gasteiger partial charge in [-0.25, -0.2) is 0 Å². The maximum atomic E-state index is 6.48. The van der Waals surface area contributed by atoms with Crippen LogP contribution >= 0.6 is 0 Å². The fourth-order valence-electron chi connectivity index (χ4n) is 6.91. The third-order valence-electron chi connectivity index (χ3n) is 9.06. The number of H-pyrrole nitrogens is 1. The van der Waals surface area contributed by atoms with Crippen molar-refractivity contribution in [3.8, 4) is 33.8 Å². The highest BCUT2D eigenvalue weighted by Gasteiger charge is 2.31. The molecule has 1 aliphatic heterocycles. The summed E-state index contributed by atoms with van der Waals surface area (Å²) in [4.78, 5) is 8.36. The van der Waals surface area contributed by atoms with Gasteiger partial charge in [0.25, 0.3) is 0 Å². The van der Waals surface area contributed by atoms with Crippen LogP contribution in [-0.4, -0.2) is 11.7 Å². The molecule has 0 saturated carbocycles. The van der Waals surface area contributed by atoms with E-state index < -0.39 is 0 Å². The van der Waals surface area contributed by atoms with Crippen LogP contribution in [0.4, 0.5) is 22.7 Å². The number of aromatic amines is 1. The van der Waals surface area contributed by atoms with E-state index in [0.29, 0.717) is 6.67 Å². The zero-order valence-corrected chi connectivity index (χ0v) is 25.7. The average Bonchev–Trinajstić information content (AvgIpc) is 3.71. The monoisotopic (exact) mass is 605 g/mol. The summed E-state index contributed by atoms with van der Waals surface area (Å²) in [6, 6.07) is 59.7. The zero-order chi connectivity index (χ0) is 31.2. The topological polar surface area (TPSA) is 31.5 Å². The lowest BCUT2D eigenvalue weighted by Gasteiger charge is -2.27. The molecule has 0 bridgehead atoms. The van der Waals surface area contributed by atoms with Crippen molar-refractivity contribution in [3.05, 3.63) is 170 Å². The van der Waals surface area contributed by atoms with Crippen molar-refractivity contribution in [1.29, 1.82) is 0 Å². The van der Waals surface area contributed by atoms with Crippen LogP contribution in [-0.2, 0) is 0 Å². The third kappa shape index (κ3) is 4.79. The van der Waals surface area contributed by atoms with Crippen LogP contribution in [0.1, 0.15) is 0 Å². The van der Waals surface area contributed by atoms with Gasteiger partial charge in [-0.15, -0.1) is 0 Å². The van der Waals surface area contributed by atoms with Gasteiger partial charge in [0.15, 0.2) is 0 Å². The van der Waals surface area contributed by atoms with Crippen molar-refractivity contribution in [1.82, 2.24) is 4.98 Å². The second kappa shape index (κ2) is 11.3. The van der Waals surface area contributed by atoms with E-state index in [0.717, 1.165) is 33.9 Å². The van der Waals surface area contributed by atoms with Gasteiger partial charge in [0.2, 0.25) is 0 Å². The molecule has 9 rings (SSSR count). The normalized spacial score (nSPS) is 12.5. The lowest BCUT2D eigenvalue weighted by molar-refractivity contribution is 0.483. The highest BCUT2D eigenvalue weighted by molar-refractivity contribution is 6.07. The van der Waals surface area contributed by atoms with E-state index in [9.17, 15) is 0 Å². The first-order chi connectivity index (χ1) is 23.3. The molecule has 0 amide bonds. The molecule has 0 unspecified atom stereocenters. The minimum atomic E-state index is 0.660. The number of ether oxygens (including phenoxy) is 1. The molecule has 0 spiro atoms. The summed E-state index contributed by atoms with van der Waals surface area (Å²) in [5.41, 5.74) is 11.6. The molecule has 4 nitrogen and oxygen atoms in total. The molecular weight excluding hydrogens is 574 g/mol. The number of benzene rings is 7. The number of hydrogen-bond acceptors (Lipinski definition) is 3. The van der Waals surface area contributed by atoms with Gasteiger partial charge in [0.1, 0.15) is 18.2 Å². The second-order valence-corrected chi connectivity index (χ2v) is 11.9. The van der Waals surface area contributed by atoms with Gasteiger partial charge in [0, 0.05) is 45.2 Å². The number of nitrogens with zero attached hydrogens (tertiary/aromatic N) is 2. The van der Waals surface area contributed by atoms with E-state index in [2.05, 4.69) is 173 Å². The molecule has 1 aromatic heterocycles. The minimum absolute atomic E-state index is 0.660. The summed E-state index contributed by atoms with van der Waals surface area (Å²) in [6.45, 7) is 0.660. The minimum Gasteiger partial charge on any atom is -0.457 e. The Kier molecular flexibility index (Phi) is 6.50. The number of anilines is 4. The van der Waals surface area contributed by atoms with E-state index in [4.69, 9.17) is 4.74 Å². The maximum absolute atomic E-state index is 6.48. The Hall–Kier alpha value is -6.26. The quantitative estimate of drug-likeness (QED) is 0.205. The van der Waals surface area contributed by atoms with Crippen LogP contribution < -0.4 is 14.5 Å². The van der Waals surface area contributed by atoms with Crippen molar-refractivity contribution in [2.24, 2.45) is 0 Å². The third-order valence-corrected chi connectivity index (χ3v) is 9.06. The number of rotatable bonds is 6. The van der Waals surface area contributed by atoms with E-state index in [-0.39, 0.29) is 0 Å². The SMILES string of the molecule is c1ccc(-c2cccc(-c3ccccc3)c2N2CN(c3cccc(Oc4ccc5c(c4)[nH]c4ccccc45)c3)c3ccccc32)cc1. The highest BCUT2D eigenvalue weighted by Crippen LogP contribution is 2.50. The molecule has 0 atom stereocenters. The largest absolute Gasteiger partial charge is 0.457 e. The first-order valence-corrected chi connectivity index (χ1v) is 16.0. The van der Waals surface area contributed by atoms with Crippen molar-refractivity contribution >= 4 is 44.6 Å². The predicted molar refractivity (Wildman–Crippen MR) is 195 cm³/mol. The van der Waals surface area contributed by atoms with Crippen LogP contribution in [0.5, 0.6) is 11.5 Å². The van der Waals surface area contributed by atoms with Gasteiger partial charge >= 0.3 is 0 Å². The molecule has 4 heteroatoms. The van der Waals surface area contributed by atoms with Gasteiger partial charge < -0.3 is 19.5 Å². The molecule has 47 heavy (non-hydrogen) atoms. The smallest absolute Gasteiger partial charge is 0.129 e. The number of nitrogens with one attached hydrogen (secondary N) is 1. The van der Waals surface area contributed by atoms with Gasteiger partial charge in [0.05, 0.1) is 22.6 Å². The van der Waals surface area contributed by atoms with E-state index in [1.165, 1.54) is 44.4 Å². The Morgan fingerprint density at radius 3 is 1.79 bits per heavy atom. The standard InChI is InChI=1S/C43H31N3O/c1-3-13-30(14-4-1)35-20-12-21-36(31-15-5-2-6-16-31)43(35)46-29-45(41-23-9-10-24-42(41)46)32-17-11-18-33(27-32)47-34-25-26-38-37-19-7-8-22-39(37)44-40(38)28-34/h1-28,44H,29H2. The van der Waals surface area contributed by atoms with Crippen molar-refractivity contribution < 1.29 is 4.74 Å². The Bertz CT molecular complexity index is 2320. The molecule has 0 saturated heterocycles. The maximum Gasteiger partial charge on any atom is 0.129 e. The molecule has 7 aromatic carbocycles. The summed E-state index contributed by atoms with van der Waals surface area (Å²) in [7, 11) is 0. The lowest BCUT2D eigenvalue weighted by atomic mass is 9.95. The Labute approximate surface area is 273 Å². The molecule has 2 heterocycles. The summed E-state index contributed by atoms with van der Waals surface area (Å²) in [5.74, 6) is 1.59. The molecule has 0 radical (unpaired) electrons. The van der Waals surface area contributed by atoms with Crippen molar-refractivity contribution in [2.45, 2.75) is 0 Å². The predicted octanol–water partition coefficient (Wildman–Crippen LogP) is 11.7. The van der Waals surface area contributed by atoms with E-state index >= 15 is 0 Å². The molecule has 224 valence electrons. The molecule has 1 aliphatic rings. The zero-order valence-electron chi connectivity index (χ0n) is 25.7. The number of hydrogen-bond donors (Lipinski definition) is 1. The van der Waals surface area contributed by atoms with Gasteiger partial charge in [-0.2, -0.15) is 0 Å². The lowest BCUT2D eigenvalue weighted by Crippen LogP contribution is -2.24. The molecule has 0 fully saturated rings. The van der Waals surface area contributed by atoms with E-state index in [1.807, 2.05) is 12.1 Å². The first kappa shape index (κ1) is 27.1. The fourth-order valence-corrected chi connectivity index (χ4v) is 6.91. The van der Waals surface area contributed by atoms with Crippen molar-refractivity contribution in [3.63, 3.8) is 0 Å². The van der Waals surface area contributed by atoms with Crippen LogP contribution in [0.15, 0.2) is 170 Å². The Morgan fingerprint density at radius 1 is 0.447 bits per heavy atom. The van der Waals surface area contributed by atoms with Gasteiger partial charge in [-0.05, 0) is 53.6 Å². The van der Waals surface area contributed by atoms with Crippen LogP contribution in [0.25, 0.3) is 44.1 Å². The molecule has 1 N–H and O–H groups in total. The average molecular weight is 606 g/mol. The Morgan fingerprint density at radius 2 is 1.04 bits per heavy atom. The van der Waals surface area contributed by atoms with Crippen molar-refractivity contribution in [2.75, 3.05) is 16.5 Å². The molecular formula is C43H31N3O. The van der Waals surface area contributed by atoms with Crippen LogP contribution in [0, 0.1) is 0 Å². The summed E-state index contributed by atoms with van der Waals surface area (Å²) >= 11 is 0. The van der Waals surface area contributed by atoms with Gasteiger partial charge in [-0.1, -0.05) is 115 Å². The number of para-hydroxylation sites is 4. The first-order valence-electron chi connectivity index (χ1n) is 16.0. The van der Waals surface area contributed by atoms with E-state index in [1.54, 1.807) is 0 Å². The molecule has 8 aromatic rings. The van der Waals surface area contributed by atoms with Crippen LogP contribution in [0.2, 0.25) is 0 Å². The second-order valence-electron chi connectivity index (χ2n) is 11.9. The molecule has 0 aliphatic carbocycles. The Balaban J connectivity index is 1.11. The highest BCUT2D eigenvalue weighted by atomic mass is 16.5. The fraction of sp³-hybridized carbons (Fsp3) is 0.0233. The summed E-state index contributed by atoms with van der Waals surface area (Å²) < 4.78 is 6.48.